The van der Waals surface area contributed by atoms with Gasteiger partial charge in [-0.05, 0) is 108 Å². The minimum atomic E-state index is -0.317. The number of benzene rings is 5. The summed E-state index contributed by atoms with van der Waals surface area (Å²) in [5, 5.41) is 0. The molecule has 1 heterocycles. The number of hydrogen-bond acceptors (Lipinski definition) is 10. The molecule has 2 aliphatic rings. The first kappa shape index (κ1) is 48.5. The number of fused-ring (bicyclic) bond motifs is 9. The topological polar surface area (TPSA) is 111 Å². The Morgan fingerprint density at radius 1 is 0.424 bits per heavy atom. The molecule has 5 aromatic carbocycles. The van der Waals surface area contributed by atoms with Gasteiger partial charge >= 0.3 is 0 Å². The lowest BCUT2D eigenvalue weighted by Gasteiger charge is -2.24. The highest BCUT2D eigenvalue weighted by atomic mass is 35.5. The Bertz CT molecular complexity index is 2290. The van der Waals surface area contributed by atoms with Gasteiger partial charge in [0.05, 0.1) is 44.1 Å². The van der Waals surface area contributed by atoms with E-state index < -0.39 is 0 Å². The normalized spacial score (nSPS) is 13.2. The molecule has 66 heavy (non-hydrogen) atoms. The monoisotopic (exact) mass is 919 g/mol. The van der Waals surface area contributed by atoms with Gasteiger partial charge in [0.15, 0.2) is 0 Å². The highest BCUT2D eigenvalue weighted by Gasteiger charge is 2.35. The quantitative estimate of drug-likeness (QED) is 0.0350. The van der Waals surface area contributed by atoms with Gasteiger partial charge < -0.3 is 37.9 Å². The molecule has 8 bridgehead atoms. The average Bonchev–Trinajstić information content (AvgIpc) is 3.56. The Morgan fingerprint density at radius 2 is 0.742 bits per heavy atom. The number of halogens is 1. The van der Waals surface area contributed by atoms with Gasteiger partial charge in [-0.15, -0.1) is 11.6 Å². The van der Waals surface area contributed by atoms with Crippen LogP contribution in [-0.2, 0) is 57.1 Å². The molecule has 2 amide bonds. The van der Waals surface area contributed by atoms with Gasteiger partial charge in [-0.2, -0.15) is 0 Å². The summed E-state index contributed by atoms with van der Waals surface area (Å²) in [5.74, 6) is 2.64. The van der Waals surface area contributed by atoms with E-state index in [9.17, 15) is 9.59 Å². The molecule has 12 heteroatoms. The van der Waals surface area contributed by atoms with E-state index in [-0.39, 0.29) is 18.4 Å². The number of nitrogens with zero attached hydrogens (tertiary/aromatic N) is 1. The van der Waals surface area contributed by atoms with Crippen molar-refractivity contribution in [3.05, 3.63) is 152 Å². The molecule has 0 saturated heterocycles. The maximum Gasteiger partial charge on any atom is 0.261 e. The Kier molecular flexibility index (Phi) is 17.9. The van der Waals surface area contributed by atoms with Crippen LogP contribution in [0, 0.1) is 0 Å². The molecule has 0 fully saturated rings. The summed E-state index contributed by atoms with van der Waals surface area (Å²) in [4.78, 5) is 28.9. The Labute approximate surface area is 394 Å². The molecule has 5 aromatic rings. The first-order chi connectivity index (χ1) is 32.4. The van der Waals surface area contributed by atoms with Crippen LogP contribution >= 0.6 is 11.6 Å². The van der Waals surface area contributed by atoms with E-state index in [1.807, 2.05) is 27.7 Å². The summed E-state index contributed by atoms with van der Waals surface area (Å²) in [6.45, 7) is 13.3. The maximum atomic E-state index is 13.8. The minimum absolute atomic E-state index is 0.0741. The van der Waals surface area contributed by atoms with Crippen molar-refractivity contribution in [3.63, 3.8) is 0 Å². The van der Waals surface area contributed by atoms with Gasteiger partial charge in [0.2, 0.25) is 0 Å². The lowest BCUT2D eigenvalue weighted by Crippen LogP contribution is -2.29. The van der Waals surface area contributed by atoms with Crippen LogP contribution in [-0.4, -0.2) is 96.0 Å². The van der Waals surface area contributed by atoms with Crippen LogP contribution in [0.4, 0.5) is 0 Å². The van der Waals surface area contributed by atoms with Crippen molar-refractivity contribution >= 4 is 23.4 Å². The second kappa shape index (κ2) is 24.4. The molecular weight excluding hydrogens is 858 g/mol. The van der Waals surface area contributed by atoms with Crippen LogP contribution in [0.2, 0.25) is 0 Å². The fraction of sp³-hybridized carbons (Fsp3) is 0.407. The van der Waals surface area contributed by atoms with Gasteiger partial charge in [-0.25, -0.2) is 0 Å². The number of para-hydroxylation sites is 2. The molecule has 7 rings (SSSR count). The summed E-state index contributed by atoms with van der Waals surface area (Å²) >= 11 is 6.67. The minimum Gasteiger partial charge on any atom is -0.491 e. The summed E-state index contributed by atoms with van der Waals surface area (Å²) < 4.78 is 50.0. The highest BCUT2D eigenvalue weighted by molar-refractivity contribution is 6.21. The lowest BCUT2D eigenvalue weighted by molar-refractivity contribution is 0.0642. The summed E-state index contributed by atoms with van der Waals surface area (Å²) in [6.07, 6.45) is 1.79. The van der Waals surface area contributed by atoms with E-state index in [4.69, 9.17) is 49.5 Å². The number of ether oxygens (including phenoxy) is 8. The standard InChI is InChI=1S/C54H62ClNO10/c1-5-59-19-23-63-49-39-13-11-15-41(49)33-45-29-38(36-56-53(57)47-17-9-10-18-48(47)54(56)58)30-46(52(45)66-26-22-62-8-4)34-42-16-12-14-40(50(42)64-24-20-60-6-2)32-44-28-37(35-55)27-43(31-39)51(44)65-25-21-61-7-3/h9-18,27-30H,5-8,19-26,31-36H2,1-4H3. The van der Waals surface area contributed by atoms with Crippen molar-refractivity contribution in [1.29, 1.82) is 0 Å². The number of alkyl halides is 1. The molecule has 1 aliphatic carbocycles. The molecule has 0 saturated carbocycles. The Balaban J connectivity index is 1.44. The van der Waals surface area contributed by atoms with Crippen molar-refractivity contribution in [3.8, 4) is 23.0 Å². The second-order valence-corrected chi connectivity index (χ2v) is 16.3. The van der Waals surface area contributed by atoms with Gasteiger partial charge in [0.25, 0.3) is 11.8 Å². The molecule has 0 N–H and O–H groups in total. The third-order valence-electron chi connectivity index (χ3n) is 11.6. The van der Waals surface area contributed by atoms with Crippen molar-refractivity contribution in [2.24, 2.45) is 0 Å². The van der Waals surface area contributed by atoms with Crippen LogP contribution in [0.15, 0.2) is 84.9 Å². The molecule has 0 radical (unpaired) electrons. The number of carbonyl (C=O) groups excluding carboxylic acids is 2. The molecule has 1 aliphatic heterocycles. The third kappa shape index (κ3) is 11.9. The molecule has 0 spiro atoms. The van der Waals surface area contributed by atoms with Crippen molar-refractivity contribution < 1.29 is 47.5 Å². The smallest absolute Gasteiger partial charge is 0.261 e. The summed E-state index contributed by atoms with van der Waals surface area (Å²) in [5.41, 5.74) is 10.1. The van der Waals surface area contributed by atoms with E-state index in [1.54, 1.807) is 24.3 Å². The van der Waals surface area contributed by atoms with E-state index in [2.05, 4.69) is 60.7 Å². The first-order valence-corrected chi connectivity index (χ1v) is 23.7. The predicted octanol–water partition coefficient (Wildman–Crippen LogP) is 9.56. The zero-order chi connectivity index (χ0) is 46.3. The van der Waals surface area contributed by atoms with Crippen molar-refractivity contribution in [2.75, 3.05) is 79.3 Å². The van der Waals surface area contributed by atoms with Crippen molar-refractivity contribution in [2.45, 2.75) is 65.8 Å². The van der Waals surface area contributed by atoms with E-state index in [1.165, 1.54) is 4.90 Å². The molecule has 11 nitrogen and oxygen atoms in total. The second-order valence-electron chi connectivity index (χ2n) is 16.1. The zero-order valence-electron chi connectivity index (χ0n) is 38.7. The number of amides is 2. The first-order valence-electron chi connectivity index (χ1n) is 23.2. The lowest BCUT2D eigenvalue weighted by atomic mass is 9.89. The van der Waals surface area contributed by atoms with Crippen LogP contribution < -0.4 is 18.9 Å². The fourth-order valence-electron chi connectivity index (χ4n) is 8.70. The van der Waals surface area contributed by atoms with Gasteiger partial charge in [0, 0.05) is 58.0 Å². The zero-order valence-corrected chi connectivity index (χ0v) is 39.5. The van der Waals surface area contributed by atoms with Gasteiger partial charge in [0.1, 0.15) is 49.4 Å². The van der Waals surface area contributed by atoms with Crippen LogP contribution in [0.25, 0.3) is 0 Å². The van der Waals surface area contributed by atoms with Gasteiger partial charge in [-0.1, -0.05) is 60.7 Å². The van der Waals surface area contributed by atoms with Gasteiger partial charge in [-0.3, -0.25) is 14.5 Å². The number of carbonyl (C=O) groups is 2. The van der Waals surface area contributed by atoms with E-state index in [0.717, 1.165) is 72.9 Å². The third-order valence-corrected chi connectivity index (χ3v) is 11.9. The maximum absolute atomic E-state index is 13.8. The average molecular weight is 921 g/mol. The van der Waals surface area contributed by atoms with Crippen LogP contribution in [0.1, 0.15) is 104 Å². The fourth-order valence-corrected chi connectivity index (χ4v) is 8.85. The van der Waals surface area contributed by atoms with E-state index >= 15 is 0 Å². The molecule has 0 unspecified atom stereocenters. The van der Waals surface area contributed by atoms with Crippen LogP contribution in [0.3, 0.4) is 0 Å². The predicted molar refractivity (Wildman–Crippen MR) is 255 cm³/mol. The molecule has 0 aromatic heterocycles. The SMILES string of the molecule is CCOCCOc1c2cccc1Cc1cc(CN3C(=O)c4ccccc4C3=O)cc(c1OCCOCC)Cc1cccc(c1OCCOCC)Cc1cc(CCl)cc(c1OCCOCC)C2. The number of imide groups is 1. The largest absolute Gasteiger partial charge is 0.491 e. The molecule has 0 atom stereocenters. The Morgan fingerprint density at radius 3 is 1.06 bits per heavy atom. The molecular formula is C54H62ClNO10. The summed E-state index contributed by atoms with van der Waals surface area (Å²) in [6, 6.07) is 27.8. The summed E-state index contributed by atoms with van der Waals surface area (Å²) in [7, 11) is 0. The van der Waals surface area contributed by atoms with E-state index in [0.29, 0.717) is 128 Å². The van der Waals surface area contributed by atoms with Crippen LogP contribution in [0.5, 0.6) is 23.0 Å². The van der Waals surface area contributed by atoms with Crippen molar-refractivity contribution in [1.82, 2.24) is 4.90 Å². The Hall–Kier alpha value is -5.43. The molecule has 350 valence electrons. The number of hydrogen-bond donors (Lipinski definition) is 0. The highest BCUT2D eigenvalue weighted by Crippen LogP contribution is 2.40. The number of rotatable bonds is 23.